The van der Waals surface area contributed by atoms with Crippen molar-refractivity contribution >= 4 is 46.2 Å². The van der Waals surface area contributed by atoms with E-state index in [1.165, 1.54) is 10.9 Å². The van der Waals surface area contributed by atoms with Crippen LogP contribution in [-0.4, -0.2) is 35.0 Å². The zero-order valence-corrected chi connectivity index (χ0v) is 23.5. The summed E-state index contributed by atoms with van der Waals surface area (Å²) < 4.78 is 12.5. The van der Waals surface area contributed by atoms with Gasteiger partial charge < -0.3 is 15.2 Å². The van der Waals surface area contributed by atoms with Gasteiger partial charge in [0.25, 0.3) is 11.5 Å². The number of halogens is 2. The first-order valence-corrected chi connectivity index (χ1v) is 13.1. The normalized spacial score (nSPS) is 11.5. The molecule has 3 aromatic carbocycles. The van der Waals surface area contributed by atoms with Crippen molar-refractivity contribution in [1.29, 1.82) is 0 Å². The fraction of sp³-hybridized carbons (Fsp3) is 0.241. The summed E-state index contributed by atoms with van der Waals surface area (Å²) in [4.78, 5) is 29.6. The first-order valence-electron chi connectivity index (χ1n) is 12.3. The number of amides is 1. The van der Waals surface area contributed by atoms with Crippen molar-refractivity contribution in [3.8, 4) is 22.9 Å². The molecular weight excluding hydrogens is 539 g/mol. The summed E-state index contributed by atoms with van der Waals surface area (Å²) in [6.07, 6.45) is 1.46. The van der Waals surface area contributed by atoms with Crippen LogP contribution in [0.5, 0.6) is 11.5 Å². The molecule has 0 aliphatic carbocycles. The molecule has 2 N–H and O–H groups in total. The minimum absolute atomic E-state index is 0.130. The van der Waals surface area contributed by atoms with Crippen LogP contribution in [0.4, 0.5) is 0 Å². The van der Waals surface area contributed by atoms with Gasteiger partial charge >= 0.3 is 0 Å². The third-order valence-electron chi connectivity index (χ3n) is 5.98. The molecule has 0 saturated carbocycles. The number of hydrogen-bond acceptors (Lipinski definition) is 6. The summed E-state index contributed by atoms with van der Waals surface area (Å²) in [5.74, 6) is 0.833. The maximum absolute atomic E-state index is 13.6. The van der Waals surface area contributed by atoms with Crippen LogP contribution in [0, 0.1) is 6.92 Å². The lowest BCUT2D eigenvalue weighted by Crippen LogP contribution is -2.21. The summed E-state index contributed by atoms with van der Waals surface area (Å²) in [5.41, 5.74) is 8.52. The van der Waals surface area contributed by atoms with Crippen LogP contribution in [0.15, 0.2) is 58.4 Å². The molecule has 1 aromatic heterocycles. The first-order chi connectivity index (χ1) is 18.6. The van der Waals surface area contributed by atoms with E-state index in [0.29, 0.717) is 28.9 Å². The van der Waals surface area contributed by atoms with Gasteiger partial charge in [-0.05, 0) is 72.9 Å². The second kappa shape index (κ2) is 11.9. The van der Waals surface area contributed by atoms with Gasteiger partial charge in [-0.15, -0.1) is 0 Å². The van der Waals surface area contributed by atoms with Crippen LogP contribution in [0.1, 0.15) is 43.4 Å². The molecule has 0 radical (unpaired) electrons. The van der Waals surface area contributed by atoms with Gasteiger partial charge in [-0.25, -0.2) is 4.98 Å². The lowest BCUT2D eigenvalue weighted by molar-refractivity contribution is -0.119. The number of fused-ring (bicyclic) bond motifs is 1. The van der Waals surface area contributed by atoms with Crippen molar-refractivity contribution < 1.29 is 14.3 Å². The highest BCUT2D eigenvalue weighted by Gasteiger charge is 2.19. The van der Waals surface area contributed by atoms with Gasteiger partial charge in [0.1, 0.15) is 5.75 Å². The highest BCUT2D eigenvalue weighted by atomic mass is 35.5. The fourth-order valence-corrected chi connectivity index (χ4v) is 4.75. The van der Waals surface area contributed by atoms with E-state index in [1.54, 1.807) is 30.3 Å². The van der Waals surface area contributed by atoms with Gasteiger partial charge in [-0.2, -0.15) is 9.78 Å². The summed E-state index contributed by atoms with van der Waals surface area (Å²) in [6.45, 7) is 8.23. The smallest absolute Gasteiger partial charge is 0.282 e. The zero-order chi connectivity index (χ0) is 28.3. The molecule has 1 amide bonds. The number of carbonyl (C=O) groups is 1. The van der Waals surface area contributed by atoms with Crippen molar-refractivity contribution in [3.63, 3.8) is 0 Å². The van der Waals surface area contributed by atoms with Gasteiger partial charge in [0, 0.05) is 5.56 Å². The average molecular weight is 567 g/mol. The van der Waals surface area contributed by atoms with Crippen molar-refractivity contribution in [3.05, 3.63) is 85.6 Å². The summed E-state index contributed by atoms with van der Waals surface area (Å²) in [5, 5.41) is 5.27. The van der Waals surface area contributed by atoms with Crippen LogP contribution in [0.25, 0.3) is 22.3 Å². The molecule has 0 saturated heterocycles. The summed E-state index contributed by atoms with van der Waals surface area (Å²) >= 11 is 12.7. The summed E-state index contributed by atoms with van der Waals surface area (Å²) in [6, 6.07) is 14.2. The van der Waals surface area contributed by atoms with E-state index in [9.17, 15) is 9.59 Å². The molecule has 10 heteroatoms. The van der Waals surface area contributed by atoms with E-state index in [2.05, 4.69) is 18.9 Å². The van der Waals surface area contributed by atoms with E-state index in [-0.39, 0.29) is 33.9 Å². The third kappa shape index (κ3) is 6.08. The first kappa shape index (κ1) is 28.1. The number of nitrogens with zero attached hydrogens (tertiary/aromatic N) is 3. The maximum atomic E-state index is 13.6. The van der Waals surface area contributed by atoms with E-state index >= 15 is 0 Å². The van der Waals surface area contributed by atoms with Crippen molar-refractivity contribution in [2.45, 2.75) is 33.6 Å². The second-order valence-electron chi connectivity index (χ2n) is 9.18. The molecule has 0 aliphatic rings. The van der Waals surface area contributed by atoms with Crippen LogP contribution < -0.4 is 20.8 Å². The minimum atomic E-state index is -0.659. The lowest BCUT2D eigenvalue weighted by Gasteiger charge is -2.18. The van der Waals surface area contributed by atoms with Crippen LogP contribution in [0.3, 0.4) is 0 Å². The molecular formula is C29H28Cl2N4O4. The minimum Gasteiger partial charge on any atom is -0.494 e. The quantitative estimate of drug-likeness (QED) is 0.252. The SMILES string of the molecule is CCOc1cc(C)c(-c2nc3ccccc3c(=O)n2N=Cc2cc(Cl)c(OCC(N)=O)c(Cl)c2)cc1C(C)C. The van der Waals surface area contributed by atoms with Crippen LogP contribution in [0.2, 0.25) is 10.0 Å². The van der Waals surface area contributed by atoms with E-state index in [0.717, 1.165) is 22.4 Å². The molecule has 4 aromatic rings. The Morgan fingerprint density at radius 2 is 1.82 bits per heavy atom. The van der Waals surface area contributed by atoms with E-state index < -0.39 is 5.91 Å². The van der Waals surface area contributed by atoms with Crippen molar-refractivity contribution in [2.75, 3.05) is 13.2 Å². The molecule has 0 spiro atoms. The van der Waals surface area contributed by atoms with Crippen molar-refractivity contribution in [1.82, 2.24) is 9.66 Å². The largest absolute Gasteiger partial charge is 0.494 e. The maximum Gasteiger partial charge on any atom is 0.282 e. The number of carbonyl (C=O) groups excluding carboxylic acids is 1. The number of benzene rings is 3. The molecule has 0 bridgehead atoms. The predicted molar refractivity (Wildman–Crippen MR) is 156 cm³/mol. The average Bonchev–Trinajstić information content (AvgIpc) is 2.87. The number of nitrogens with two attached hydrogens (primary N) is 1. The number of aryl methyl sites for hydroxylation is 1. The van der Waals surface area contributed by atoms with Crippen LogP contribution in [-0.2, 0) is 4.79 Å². The van der Waals surface area contributed by atoms with Gasteiger partial charge in [0.2, 0.25) is 0 Å². The third-order valence-corrected chi connectivity index (χ3v) is 6.54. The molecule has 0 unspecified atom stereocenters. The number of ether oxygens (including phenoxy) is 2. The summed E-state index contributed by atoms with van der Waals surface area (Å²) in [7, 11) is 0. The standard InChI is InChI=1S/C29H28Cl2N4O4/c1-5-38-25-10-17(4)21(13-20(25)16(2)3)28-34-24-9-7-6-8-19(24)29(37)35(28)33-14-18-11-22(30)27(23(31)12-18)39-15-26(32)36/h6-14,16H,5,15H2,1-4H3,(H2,32,36). The van der Waals surface area contributed by atoms with Gasteiger partial charge in [0.05, 0.1) is 33.8 Å². The number of rotatable bonds is 9. The van der Waals surface area contributed by atoms with Crippen molar-refractivity contribution in [2.24, 2.45) is 10.8 Å². The number of aromatic nitrogens is 2. The molecule has 0 fully saturated rings. The Morgan fingerprint density at radius 1 is 1.13 bits per heavy atom. The Labute approximate surface area is 236 Å². The Hall–Kier alpha value is -3.88. The van der Waals surface area contributed by atoms with Gasteiger partial charge in [0.15, 0.2) is 18.2 Å². The Kier molecular flexibility index (Phi) is 8.57. The highest BCUT2D eigenvalue weighted by molar-refractivity contribution is 6.37. The molecule has 39 heavy (non-hydrogen) atoms. The fourth-order valence-electron chi connectivity index (χ4n) is 4.14. The monoisotopic (exact) mass is 566 g/mol. The molecule has 202 valence electrons. The van der Waals surface area contributed by atoms with Crippen LogP contribution >= 0.6 is 23.2 Å². The Morgan fingerprint density at radius 3 is 2.46 bits per heavy atom. The van der Waals surface area contributed by atoms with E-state index in [4.69, 9.17) is 43.4 Å². The molecule has 0 aliphatic heterocycles. The Balaban J connectivity index is 1.88. The highest BCUT2D eigenvalue weighted by Crippen LogP contribution is 2.35. The topological polar surface area (TPSA) is 109 Å². The van der Waals surface area contributed by atoms with Gasteiger partial charge in [-0.3, -0.25) is 9.59 Å². The molecule has 1 heterocycles. The Bertz CT molecular complexity index is 1620. The number of para-hydroxylation sites is 1. The molecule has 4 rings (SSSR count). The van der Waals surface area contributed by atoms with E-state index in [1.807, 2.05) is 32.0 Å². The predicted octanol–water partition coefficient (Wildman–Crippen LogP) is 5.95. The second-order valence-corrected chi connectivity index (χ2v) is 9.99. The van der Waals surface area contributed by atoms with Gasteiger partial charge in [-0.1, -0.05) is 49.2 Å². The molecule has 0 atom stereocenters. The zero-order valence-electron chi connectivity index (χ0n) is 22.0. The number of hydrogen-bond donors (Lipinski definition) is 1. The number of primary amides is 1. The lowest BCUT2D eigenvalue weighted by atomic mass is 9.96. The molecule has 8 nitrogen and oxygen atoms in total.